The highest BCUT2D eigenvalue weighted by Gasteiger charge is 2.28. The smallest absolute Gasteiger partial charge is 0.410 e. The quantitative estimate of drug-likeness (QED) is 0.556. The molecule has 1 aliphatic heterocycles. The monoisotopic (exact) mass is 490 g/mol. The fourth-order valence-electron chi connectivity index (χ4n) is 3.18. The van der Waals surface area contributed by atoms with Crippen LogP contribution in [0.5, 0.6) is 0 Å². The minimum atomic E-state index is -0.545. The van der Waals surface area contributed by atoms with Crippen molar-refractivity contribution in [2.45, 2.75) is 59.2 Å². The van der Waals surface area contributed by atoms with Gasteiger partial charge in [-0.1, -0.05) is 22.7 Å². The molecule has 0 fully saturated rings. The zero-order valence-electron chi connectivity index (χ0n) is 19.1. The molecule has 1 aliphatic rings. The topological polar surface area (TPSA) is 127 Å². The van der Waals surface area contributed by atoms with Gasteiger partial charge in [-0.2, -0.15) is 0 Å². The van der Waals surface area contributed by atoms with Crippen LogP contribution in [0, 0.1) is 0 Å². The number of ether oxygens (including phenoxy) is 1. The van der Waals surface area contributed by atoms with E-state index in [0.717, 1.165) is 10.6 Å². The molecule has 11 nitrogen and oxygen atoms in total. The summed E-state index contributed by atoms with van der Waals surface area (Å²) < 4.78 is 7.38. The molecule has 4 rings (SSSR count). The van der Waals surface area contributed by atoms with Gasteiger partial charge < -0.3 is 14.2 Å². The second-order valence-electron chi connectivity index (χ2n) is 8.81. The summed E-state index contributed by atoms with van der Waals surface area (Å²) in [5.74, 6) is 0.658. The van der Waals surface area contributed by atoms with Crippen molar-refractivity contribution in [2.24, 2.45) is 0 Å². The lowest BCUT2D eigenvalue weighted by molar-refractivity contribution is 0.0225. The first-order valence-electron chi connectivity index (χ1n) is 10.5. The number of fused-ring (bicyclic) bond motifs is 1. The average molecular weight is 491 g/mol. The molecule has 4 heterocycles. The Bertz CT molecular complexity index is 1160. The van der Waals surface area contributed by atoms with E-state index >= 15 is 0 Å². The molecule has 0 spiro atoms. The van der Waals surface area contributed by atoms with E-state index in [1.165, 1.54) is 22.7 Å². The van der Waals surface area contributed by atoms with Crippen molar-refractivity contribution < 1.29 is 14.3 Å². The minimum Gasteiger partial charge on any atom is -0.444 e. The molecule has 3 aromatic rings. The van der Waals surface area contributed by atoms with Crippen molar-refractivity contribution in [1.82, 2.24) is 29.6 Å². The Balaban J connectivity index is 1.37. The first-order chi connectivity index (χ1) is 15.6. The number of nitrogens with one attached hydrogen (secondary N) is 2. The van der Waals surface area contributed by atoms with Gasteiger partial charge in [-0.15, -0.1) is 10.2 Å². The van der Waals surface area contributed by atoms with Gasteiger partial charge in [-0.25, -0.2) is 19.6 Å². The van der Waals surface area contributed by atoms with Gasteiger partial charge in [0, 0.05) is 23.9 Å². The van der Waals surface area contributed by atoms with Crippen LogP contribution in [0.15, 0.2) is 12.5 Å². The summed E-state index contributed by atoms with van der Waals surface area (Å²) in [5, 5.41) is 15.4. The maximum atomic E-state index is 12.5. The number of urea groups is 1. The number of carbonyl (C=O) groups excluding carboxylic acids is 2. The third-order valence-electron chi connectivity index (χ3n) is 4.67. The van der Waals surface area contributed by atoms with E-state index in [9.17, 15) is 9.59 Å². The van der Waals surface area contributed by atoms with Crippen LogP contribution in [0.1, 0.15) is 51.2 Å². The molecule has 0 aromatic carbocycles. The SMILES string of the molecule is CC(C)n1cnnc1-c1ncc(NC(=O)Nc2nc3c(s2)CN(C(=O)OC(C)(C)C)CC3)s1. The van der Waals surface area contributed by atoms with Crippen LogP contribution in [0.3, 0.4) is 0 Å². The predicted molar refractivity (Wildman–Crippen MR) is 127 cm³/mol. The number of thiazole rings is 2. The van der Waals surface area contributed by atoms with Crippen molar-refractivity contribution in [3.05, 3.63) is 23.1 Å². The molecular formula is C20H26N8O3S2. The van der Waals surface area contributed by atoms with Gasteiger partial charge in [0.2, 0.25) is 0 Å². The van der Waals surface area contributed by atoms with E-state index in [1.807, 2.05) is 39.2 Å². The van der Waals surface area contributed by atoms with Gasteiger partial charge in [0.25, 0.3) is 0 Å². The highest BCUT2D eigenvalue weighted by atomic mass is 32.1. The van der Waals surface area contributed by atoms with Gasteiger partial charge in [-0.3, -0.25) is 10.6 Å². The van der Waals surface area contributed by atoms with Gasteiger partial charge in [0.15, 0.2) is 16.0 Å². The van der Waals surface area contributed by atoms with E-state index < -0.39 is 11.6 Å². The summed E-state index contributed by atoms with van der Waals surface area (Å²) in [6, 6.07) is -0.216. The molecule has 0 saturated carbocycles. The number of aromatic nitrogens is 5. The minimum absolute atomic E-state index is 0.195. The Morgan fingerprint density at radius 1 is 1.21 bits per heavy atom. The van der Waals surface area contributed by atoms with Crippen LogP contribution < -0.4 is 10.6 Å². The largest absolute Gasteiger partial charge is 0.444 e. The van der Waals surface area contributed by atoms with Gasteiger partial charge in [0.1, 0.15) is 16.9 Å². The van der Waals surface area contributed by atoms with E-state index in [-0.39, 0.29) is 12.1 Å². The normalized spacial score (nSPS) is 13.7. The summed E-state index contributed by atoms with van der Waals surface area (Å²) in [6.45, 7) is 10.5. The molecule has 3 amide bonds. The van der Waals surface area contributed by atoms with Crippen LogP contribution in [0.25, 0.3) is 10.8 Å². The fourth-order valence-corrected chi connectivity index (χ4v) is 5.00. The molecule has 3 aromatic heterocycles. The van der Waals surface area contributed by atoms with E-state index in [1.54, 1.807) is 17.4 Å². The second-order valence-corrected chi connectivity index (χ2v) is 10.9. The molecule has 2 N–H and O–H groups in total. The van der Waals surface area contributed by atoms with Crippen molar-refractivity contribution >= 4 is 44.9 Å². The molecule has 0 unspecified atom stereocenters. The lowest BCUT2D eigenvalue weighted by atomic mass is 10.2. The summed E-state index contributed by atoms with van der Waals surface area (Å²) in [7, 11) is 0. The Labute approximate surface area is 199 Å². The fraction of sp³-hybridized carbons (Fsp3) is 0.500. The van der Waals surface area contributed by atoms with Crippen LogP contribution in [0.2, 0.25) is 0 Å². The average Bonchev–Trinajstić information content (AvgIpc) is 3.44. The van der Waals surface area contributed by atoms with E-state index in [0.29, 0.717) is 40.5 Å². The van der Waals surface area contributed by atoms with Crippen LogP contribution in [0.4, 0.5) is 19.7 Å². The van der Waals surface area contributed by atoms with E-state index in [2.05, 4.69) is 30.8 Å². The summed E-state index contributed by atoms with van der Waals surface area (Å²) in [5.41, 5.74) is 0.347. The molecular weight excluding hydrogens is 464 g/mol. The number of anilines is 2. The zero-order chi connectivity index (χ0) is 23.8. The highest BCUT2D eigenvalue weighted by Crippen LogP contribution is 2.31. The van der Waals surface area contributed by atoms with Crippen molar-refractivity contribution in [2.75, 3.05) is 17.2 Å². The first kappa shape index (κ1) is 23.1. The maximum absolute atomic E-state index is 12.5. The van der Waals surface area contributed by atoms with Gasteiger partial charge in [0.05, 0.1) is 18.4 Å². The van der Waals surface area contributed by atoms with Crippen LogP contribution >= 0.6 is 22.7 Å². The number of hydrogen-bond donors (Lipinski definition) is 2. The van der Waals surface area contributed by atoms with Crippen molar-refractivity contribution in [3.8, 4) is 10.8 Å². The Kier molecular flexibility index (Phi) is 6.34. The number of carbonyl (C=O) groups is 2. The Morgan fingerprint density at radius 3 is 2.73 bits per heavy atom. The predicted octanol–water partition coefficient (Wildman–Crippen LogP) is 4.38. The molecule has 176 valence electrons. The third kappa shape index (κ3) is 5.47. The van der Waals surface area contributed by atoms with Crippen molar-refractivity contribution in [1.29, 1.82) is 0 Å². The van der Waals surface area contributed by atoms with Gasteiger partial charge in [-0.05, 0) is 34.6 Å². The molecule has 0 bridgehead atoms. The summed E-state index contributed by atoms with van der Waals surface area (Å²) in [6.07, 6.45) is 3.52. The second kappa shape index (κ2) is 9.06. The standard InChI is InChI=1S/C20H26N8O3S2/c1-11(2)28-10-22-26-15(28)16-21-8-14(33-16)24-17(29)25-18-23-12-6-7-27(9-13(12)32-18)19(30)31-20(3,4)5/h8,10-11H,6-7,9H2,1-5H3,(H2,23,24,25,29). The number of rotatable bonds is 4. The lowest BCUT2D eigenvalue weighted by Gasteiger charge is -2.29. The summed E-state index contributed by atoms with van der Waals surface area (Å²) >= 11 is 2.67. The number of nitrogens with zero attached hydrogens (tertiary/aromatic N) is 6. The maximum Gasteiger partial charge on any atom is 0.410 e. The molecule has 0 atom stereocenters. The van der Waals surface area contributed by atoms with E-state index in [4.69, 9.17) is 4.74 Å². The molecule has 33 heavy (non-hydrogen) atoms. The van der Waals surface area contributed by atoms with Crippen molar-refractivity contribution in [3.63, 3.8) is 0 Å². The number of amides is 3. The Hall–Kier alpha value is -3.06. The van der Waals surface area contributed by atoms with Crippen LogP contribution in [-0.4, -0.2) is 53.9 Å². The zero-order valence-corrected chi connectivity index (χ0v) is 20.7. The molecule has 0 saturated heterocycles. The lowest BCUT2D eigenvalue weighted by Crippen LogP contribution is -2.39. The highest BCUT2D eigenvalue weighted by molar-refractivity contribution is 7.19. The number of hydrogen-bond acceptors (Lipinski definition) is 9. The van der Waals surface area contributed by atoms with Gasteiger partial charge >= 0.3 is 12.1 Å². The molecule has 0 aliphatic carbocycles. The van der Waals surface area contributed by atoms with Crippen LogP contribution in [-0.2, 0) is 17.7 Å². The Morgan fingerprint density at radius 2 is 2.00 bits per heavy atom. The molecule has 0 radical (unpaired) electrons. The third-order valence-corrected chi connectivity index (χ3v) is 6.57. The first-order valence-corrected chi connectivity index (χ1v) is 12.1. The molecule has 13 heteroatoms. The summed E-state index contributed by atoms with van der Waals surface area (Å²) in [4.78, 5) is 36.3.